The van der Waals surface area contributed by atoms with Crippen LogP contribution in [-0.2, 0) is 10.0 Å². The predicted molar refractivity (Wildman–Crippen MR) is 98.6 cm³/mol. The molecule has 0 bridgehead atoms. The smallest absolute Gasteiger partial charge is 0.210 e. The van der Waals surface area contributed by atoms with E-state index in [0.29, 0.717) is 11.4 Å². The largest absolute Gasteiger partial charge is 0.357 e. The highest BCUT2D eigenvalue weighted by atomic mass is 127. The van der Waals surface area contributed by atoms with E-state index >= 15 is 0 Å². The number of rotatable bonds is 7. The first kappa shape index (κ1) is 20.9. The Morgan fingerprint density at radius 1 is 1.24 bits per heavy atom. The maximum Gasteiger partial charge on any atom is 0.210 e. The molecule has 6 nitrogen and oxygen atoms in total. The van der Waals surface area contributed by atoms with Crippen molar-refractivity contribution in [3.05, 3.63) is 0 Å². The average Bonchev–Trinajstić information content (AvgIpc) is 2.84. The molecule has 1 aliphatic carbocycles. The zero-order valence-corrected chi connectivity index (χ0v) is 16.2. The summed E-state index contributed by atoms with van der Waals surface area (Å²) in [4.78, 5) is 4.62. The van der Waals surface area contributed by atoms with E-state index in [1.54, 1.807) is 0 Å². The maximum absolute atomic E-state index is 10.9. The van der Waals surface area contributed by atoms with Crippen LogP contribution in [0.3, 0.4) is 0 Å². The molecule has 1 aliphatic rings. The number of nitrogens with one attached hydrogen (secondary N) is 2. The lowest BCUT2D eigenvalue weighted by Crippen LogP contribution is -2.41. The van der Waals surface area contributed by atoms with Gasteiger partial charge >= 0.3 is 0 Å². The van der Waals surface area contributed by atoms with Gasteiger partial charge in [0, 0.05) is 19.6 Å². The van der Waals surface area contributed by atoms with Gasteiger partial charge in [-0.1, -0.05) is 19.8 Å². The first-order chi connectivity index (χ1) is 9.41. The molecule has 0 aliphatic heterocycles. The zero-order valence-electron chi connectivity index (χ0n) is 13.0. The van der Waals surface area contributed by atoms with Crippen LogP contribution in [0.1, 0.15) is 46.0 Å². The molecule has 4 N–H and O–H groups in total. The number of nitrogens with zero attached hydrogens (tertiary/aromatic N) is 1. The fourth-order valence-electron chi connectivity index (χ4n) is 2.65. The molecular weight excluding hydrogens is 403 g/mol. The van der Waals surface area contributed by atoms with Crippen molar-refractivity contribution < 1.29 is 8.42 Å². The third kappa shape index (κ3) is 8.20. The molecule has 0 aromatic heterocycles. The Morgan fingerprint density at radius 3 is 2.33 bits per heavy atom. The van der Waals surface area contributed by atoms with Crippen molar-refractivity contribution in [3.8, 4) is 0 Å². The summed E-state index contributed by atoms with van der Waals surface area (Å²) in [6.07, 6.45) is 6.21. The maximum atomic E-state index is 10.9. The third-order valence-corrected chi connectivity index (χ3v) is 4.78. The highest BCUT2D eigenvalue weighted by Gasteiger charge is 2.31. The van der Waals surface area contributed by atoms with Gasteiger partial charge in [0.05, 0.1) is 5.75 Å². The van der Waals surface area contributed by atoms with E-state index in [9.17, 15) is 8.42 Å². The number of halogens is 1. The van der Waals surface area contributed by atoms with Gasteiger partial charge in [0.15, 0.2) is 5.96 Å². The summed E-state index contributed by atoms with van der Waals surface area (Å²) in [6, 6.07) is 0. The Bertz CT molecular complexity index is 420. The van der Waals surface area contributed by atoms with Gasteiger partial charge in [-0.2, -0.15) is 0 Å². The summed E-state index contributed by atoms with van der Waals surface area (Å²) in [5, 5.41) is 11.1. The molecule has 0 unspecified atom stereocenters. The molecule has 0 heterocycles. The average molecular weight is 432 g/mol. The second-order valence-corrected chi connectivity index (χ2v) is 7.28. The fourth-order valence-corrected chi connectivity index (χ4v) is 3.04. The van der Waals surface area contributed by atoms with Gasteiger partial charge < -0.3 is 10.6 Å². The number of nitrogens with two attached hydrogens (primary N) is 1. The number of sulfonamides is 1. The van der Waals surface area contributed by atoms with Crippen LogP contribution in [0.5, 0.6) is 0 Å². The standard InChI is InChI=1S/C13H28N4O2S.HI/c1-3-13(7-5-6-8-13)11-17-12(15-4-2)16-9-10-20(14,18)19;/h3-11H2,1-2H3,(H2,14,18,19)(H2,15,16,17);1H. The summed E-state index contributed by atoms with van der Waals surface area (Å²) in [6.45, 7) is 6.04. The first-order valence-corrected chi connectivity index (χ1v) is 9.15. The van der Waals surface area contributed by atoms with Crippen LogP contribution in [0.4, 0.5) is 0 Å². The molecule has 21 heavy (non-hydrogen) atoms. The predicted octanol–water partition coefficient (Wildman–Crippen LogP) is 1.42. The Balaban J connectivity index is 0.00000400. The van der Waals surface area contributed by atoms with Crippen molar-refractivity contribution >= 4 is 40.0 Å². The highest BCUT2D eigenvalue weighted by Crippen LogP contribution is 2.41. The molecule has 0 saturated heterocycles. The van der Waals surface area contributed by atoms with Gasteiger partial charge in [0.2, 0.25) is 10.0 Å². The van der Waals surface area contributed by atoms with Crippen LogP contribution in [0.15, 0.2) is 4.99 Å². The van der Waals surface area contributed by atoms with Crippen molar-refractivity contribution in [2.45, 2.75) is 46.0 Å². The number of aliphatic imine (C=N–C) groups is 1. The normalized spacial score (nSPS) is 18.1. The van der Waals surface area contributed by atoms with Crippen LogP contribution in [0, 0.1) is 5.41 Å². The summed E-state index contributed by atoms with van der Waals surface area (Å²) < 4.78 is 21.8. The Labute approximate surface area is 145 Å². The molecule has 1 saturated carbocycles. The molecule has 0 amide bonds. The second kappa shape index (κ2) is 9.83. The van der Waals surface area contributed by atoms with Gasteiger partial charge in [-0.15, -0.1) is 24.0 Å². The summed E-state index contributed by atoms with van der Waals surface area (Å²) in [5.74, 6) is 0.590. The minimum absolute atomic E-state index is 0. The monoisotopic (exact) mass is 432 g/mol. The third-order valence-electron chi connectivity index (χ3n) is 4.01. The number of primary sulfonamides is 1. The molecule has 0 radical (unpaired) electrons. The van der Waals surface area contributed by atoms with Crippen LogP contribution in [-0.4, -0.2) is 39.8 Å². The van der Waals surface area contributed by atoms with Gasteiger partial charge in [0.1, 0.15) is 0 Å². The molecule has 1 fully saturated rings. The molecule has 0 aromatic rings. The van der Waals surface area contributed by atoms with Crippen LogP contribution >= 0.6 is 24.0 Å². The first-order valence-electron chi connectivity index (χ1n) is 7.43. The Morgan fingerprint density at radius 2 is 1.86 bits per heavy atom. The lowest BCUT2D eigenvalue weighted by molar-refractivity contribution is 0.297. The van der Waals surface area contributed by atoms with E-state index in [4.69, 9.17) is 5.14 Å². The minimum atomic E-state index is -3.43. The molecule has 0 aromatic carbocycles. The van der Waals surface area contributed by atoms with Crippen molar-refractivity contribution in [1.82, 2.24) is 10.6 Å². The highest BCUT2D eigenvalue weighted by molar-refractivity contribution is 14.0. The fraction of sp³-hybridized carbons (Fsp3) is 0.923. The quantitative estimate of drug-likeness (QED) is 0.322. The van der Waals surface area contributed by atoms with Crippen molar-refractivity contribution in [2.75, 3.05) is 25.4 Å². The second-order valence-electron chi connectivity index (χ2n) is 5.55. The van der Waals surface area contributed by atoms with Gasteiger partial charge in [-0.3, -0.25) is 4.99 Å². The molecule has 8 heteroatoms. The van der Waals surface area contributed by atoms with Crippen LogP contribution in [0.25, 0.3) is 0 Å². The van der Waals surface area contributed by atoms with E-state index < -0.39 is 10.0 Å². The van der Waals surface area contributed by atoms with Crippen molar-refractivity contribution in [3.63, 3.8) is 0 Å². The van der Waals surface area contributed by atoms with E-state index in [0.717, 1.165) is 19.5 Å². The number of guanidine groups is 1. The van der Waals surface area contributed by atoms with E-state index in [2.05, 4.69) is 22.5 Å². The van der Waals surface area contributed by atoms with E-state index in [-0.39, 0.29) is 36.3 Å². The Hall–Kier alpha value is -0.0900. The molecule has 1 rings (SSSR count). The summed E-state index contributed by atoms with van der Waals surface area (Å²) in [7, 11) is -3.43. The topological polar surface area (TPSA) is 96.6 Å². The molecule has 0 spiro atoms. The SMILES string of the molecule is CCNC(=NCC1(CC)CCCC1)NCCS(N)(=O)=O.I. The number of hydrogen-bond acceptors (Lipinski definition) is 3. The zero-order chi connectivity index (χ0) is 15.1. The van der Waals surface area contributed by atoms with Crippen molar-refractivity contribution in [2.24, 2.45) is 15.5 Å². The van der Waals surface area contributed by atoms with Crippen molar-refractivity contribution in [1.29, 1.82) is 0 Å². The summed E-state index contributed by atoms with van der Waals surface area (Å²) in [5.41, 5.74) is 0.336. The number of hydrogen-bond donors (Lipinski definition) is 3. The Kier molecular flexibility index (Phi) is 9.79. The summed E-state index contributed by atoms with van der Waals surface area (Å²) >= 11 is 0. The molecule has 126 valence electrons. The lowest BCUT2D eigenvalue weighted by Gasteiger charge is -2.25. The minimum Gasteiger partial charge on any atom is -0.357 e. The van der Waals surface area contributed by atoms with Crippen LogP contribution in [0.2, 0.25) is 0 Å². The lowest BCUT2D eigenvalue weighted by atomic mass is 9.84. The van der Waals surface area contributed by atoms with E-state index in [1.165, 1.54) is 25.7 Å². The molecule has 0 atom stereocenters. The van der Waals surface area contributed by atoms with Gasteiger partial charge in [-0.05, 0) is 31.6 Å². The van der Waals surface area contributed by atoms with E-state index in [1.807, 2.05) is 6.92 Å². The van der Waals surface area contributed by atoms with Crippen LogP contribution < -0.4 is 15.8 Å². The van der Waals surface area contributed by atoms with Gasteiger partial charge in [0.25, 0.3) is 0 Å². The molecular formula is C13H29IN4O2S. The van der Waals surface area contributed by atoms with Gasteiger partial charge in [-0.25, -0.2) is 13.6 Å².